The van der Waals surface area contributed by atoms with Crippen LogP contribution in [0.15, 0.2) is 18.2 Å². The highest BCUT2D eigenvalue weighted by molar-refractivity contribution is 5.64. The first-order valence-electron chi connectivity index (χ1n) is 5.94. The van der Waals surface area contributed by atoms with Gasteiger partial charge in [0.2, 0.25) is 0 Å². The van der Waals surface area contributed by atoms with Gasteiger partial charge in [0, 0.05) is 11.2 Å². The summed E-state index contributed by atoms with van der Waals surface area (Å²) in [6, 6.07) is 4.99. The number of nitriles is 1. The average Bonchev–Trinajstić information content (AvgIpc) is 2.32. The lowest BCUT2D eigenvalue weighted by Crippen LogP contribution is -2.42. The topological polar surface area (TPSA) is 44.1 Å². The van der Waals surface area contributed by atoms with Crippen LogP contribution in [0.4, 0.5) is 18.9 Å². The molecule has 0 aliphatic rings. The molecule has 0 aromatic heterocycles. The summed E-state index contributed by atoms with van der Waals surface area (Å²) >= 11 is 0. The van der Waals surface area contributed by atoms with Crippen molar-refractivity contribution < 1.29 is 18.0 Å². The lowest BCUT2D eigenvalue weighted by atomic mass is 10.0. The van der Waals surface area contributed by atoms with Crippen molar-refractivity contribution in [3.8, 4) is 6.07 Å². The van der Waals surface area contributed by atoms with E-state index in [9.17, 15) is 18.0 Å². The van der Waals surface area contributed by atoms with Crippen LogP contribution < -0.4 is 4.90 Å². The van der Waals surface area contributed by atoms with Gasteiger partial charge in [-0.3, -0.25) is 0 Å². The zero-order valence-electron chi connectivity index (χ0n) is 11.5. The average molecular weight is 284 g/mol. The van der Waals surface area contributed by atoms with E-state index in [1.165, 1.54) is 12.1 Å². The molecule has 20 heavy (non-hydrogen) atoms. The second-order valence-corrected chi connectivity index (χ2v) is 5.29. The van der Waals surface area contributed by atoms with Crippen LogP contribution in [0.5, 0.6) is 0 Å². The van der Waals surface area contributed by atoms with Crippen molar-refractivity contribution in [1.82, 2.24) is 0 Å². The Labute approximate surface area is 115 Å². The van der Waals surface area contributed by atoms with Crippen LogP contribution in [0, 0.1) is 11.3 Å². The molecule has 0 spiro atoms. The summed E-state index contributed by atoms with van der Waals surface area (Å²) in [4.78, 5) is 12.3. The van der Waals surface area contributed by atoms with Crippen LogP contribution in [-0.4, -0.2) is 18.4 Å². The summed E-state index contributed by atoms with van der Waals surface area (Å²) in [5.74, 6) is 0. The fraction of sp³-hybridized carbons (Fsp3) is 0.429. The lowest BCUT2D eigenvalue weighted by molar-refractivity contribution is -0.137. The molecular weight excluding hydrogens is 269 g/mol. The molecule has 0 saturated carbocycles. The van der Waals surface area contributed by atoms with Gasteiger partial charge in [0.1, 0.15) is 6.29 Å². The first kappa shape index (κ1) is 16.0. The van der Waals surface area contributed by atoms with Crippen LogP contribution in [0.3, 0.4) is 0 Å². The molecule has 0 aliphatic carbocycles. The Balaban J connectivity index is 3.40. The molecular formula is C14H15F3N2O. The number of hydrogen-bond acceptors (Lipinski definition) is 3. The molecule has 0 saturated heterocycles. The zero-order chi connectivity index (χ0) is 15.6. The van der Waals surface area contributed by atoms with E-state index in [1.807, 2.05) is 0 Å². The summed E-state index contributed by atoms with van der Waals surface area (Å²) in [5, 5.41) is 8.75. The molecule has 3 nitrogen and oxygen atoms in total. The van der Waals surface area contributed by atoms with Crippen molar-refractivity contribution in [3.63, 3.8) is 0 Å². The van der Waals surface area contributed by atoms with Gasteiger partial charge >= 0.3 is 6.18 Å². The van der Waals surface area contributed by atoms with E-state index in [0.29, 0.717) is 6.29 Å². The van der Waals surface area contributed by atoms with E-state index in [4.69, 9.17) is 5.26 Å². The summed E-state index contributed by atoms with van der Waals surface area (Å²) in [7, 11) is 0. The van der Waals surface area contributed by atoms with Gasteiger partial charge in [-0.05, 0) is 39.0 Å². The Morgan fingerprint density at radius 1 is 1.30 bits per heavy atom. The number of rotatable bonds is 3. The Bertz CT molecular complexity index is 539. The highest BCUT2D eigenvalue weighted by atomic mass is 19.4. The van der Waals surface area contributed by atoms with Gasteiger partial charge in [0.05, 0.1) is 23.7 Å². The fourth-order valence-corrected chi connectivity index (χ4v) is 1.87. The summed E-state index contributed by atoms with van der Waals surface area (Å²) in [5.41, 5.74) is -1.67. The molecule has 0 unspecified atom stereocenters. The maximum atomic E-state index is 12.9. The van der Waals surface area contributed by atoms with E-state index in [-0.39, 0.29) is 12.2 Å². The number of hydrogen-bond donors (Lipinski definition) is 0. The number of carbonyl (C=O) groups excluding carboxylic acids is 1. The van der Waals surface area contributed by atoms with Crippen LogP contribution in [0.2, 0.25) is 0 Å². The molecule has 108 valence electrons. The number of anilines is 1. The molecule has 1 rings (SSSR count). The highest BCUT2D eigenvalue weighted by Crippen LogP contribution is 2.35. The first-order valence-corrected chi connectivity index (χ1v) is 5.94. The number of carbonyl (C=O) groups is 1. The summed E-state index contributed by atoms with van der Waals surface area (Å²) in [6.07, 6.45) is -3.97. The van der Waals surface area contributed by atoms with Crippen molar-refractivity contribution in [2.24, 2.45) is 0 Å². The molecule has 0 radical (unpaired) electrons. The third kappa shape index (κ3) is 3.50. The van der Waals surface area contributed by atoms with Crippen LogP contribution in [0.25, 0.3) is 0 Å². The van der Waals surface area contributed by atoms with Crippen molar-refractivity contribution in [1.29, 1.82) is 5.26 Å². The van der Waals surface area contributed by atoms with E-state index in [0.717, 1.165) is 12.1 Å². The van der Waals surface area contributed by atoms with E-state index < -0.39 is 22.8 Å². The standard InChI is InChI=1S/C14H15F3N2O/c1-13(2,3)19(6-7-20)11-5-4-10(9-18)12(8-11)14(15,16)17/h4-5,7-8H,6H2,1-3H3. The first-order chi connectivity index (χ1) is 9.11. The maximum Gasteiger partial charge on any atom is 0.417 e. The van der Waals surface area contributed by atoms with E-state index >= 15 is 0 Å². The van der Waals surface area contributed by atoms with Crippen molar-refractivity contribution in [3.05, 3.63) is 29.3 Å². The smallest absolute Gasteiger partial charge is 0.360 e. The van der Waals surface area contributed by atoms with Crippen LogP contribution >= 0.6 is 0 Å². The summed E-state index contributed by atoms with van der Waals surface area (Å²) < 4.78 is 38.8. The van der Waals surface area contributed by atoms with Crippen LogP contribution in [0.1, 0.15) is 31.9 Å². The second kappa shape index (κ2) is 5.53. The molecule has 0 amide bonds. The Hall–Kier alpha value is -2.03. The molecule has 0 aliphatic heterocycles. The minimum atomic E-state index is -4.61. The molecule has 6 heteroatoms. The van der Waals surface area contributed by atoms with E-state index in [1.54, 1.807) is 25.7 Å². The highest BCUT2D eigenvalue weighted by Gasteiger charge is 2.35. The SMILES string of the molecule is CC(C)(C)N(CC=O)c1ccc(C#N)c(C(F)(F)F)c1. The predicted molar refractivity (Wildman–Crippen MR) is 69.3 cm³/mol. The van der Waals surface area contributed by atoms with Gasteiger partial charge in [0.15, 0.2) is 0 Å². The maximum absolute atomic E-state index is 12.9. The number of nitrogens with zero attached hydrogens (tertiary/aromatic N) is 2. The molecule has 0 atom stereocenters. The summed E-state index contributed by atoms with van der Waals surface area (Å²) in [6.45, 7) is 5.36. The van der Waals surface area contributed by atoms with Crippen molar-refractivity contribution in [2.45, 2.75) is 32.5 Å². The van der Waals surface area contributed by atoms with Gasteiger partial charge in [0.25, 0.3) is 0 Å². The van der Waals surface area contributed by atoms with Gasteiger partial charge < -0.3 is 9.69 Å². The van der Waals surface area contributed by atoms with Crippen molar-refractivity contribution in [2.75, 3.05) is 11.4 Å². The van der Waals surface area contributed by atoms with Gasteiger partial charge in [-0.15, -0.1) is 0 Å². The third-order valence-corrected chi connectivity index (χ3v) is 2.81. The van der Waals surface area contributed by atoms with Gasteiger partial charge in [-0.2, -0.15) is 18.4 Å². The molecule has 1 aromatic rings. The normalized spacial score (nSPS) is 11.8. The predicted octanol–water partition coefficient (Wildman–Crippen LogP) is 3.38. The molecule has 0 bridgehead atoms. The molecule has 0 heterocycles. The fourth-order valence-electron chi connectivity index (χ4n) is 1.87. The second-order valence-electron chi connectivity index (χ2n) is 5.29. The van der Waals surface area contributed by atoms with Gasteiger partial charge in [-0.25, -0.2) is 0 Å². The van der Waals surface area contributed by atoms with E-state index in [2.05, 4.69) is 0 Å². The molecule has 0 N–H and O–H groups in total. The van der Waals surface area contributed by atoms with Crippen LogP contribution in [-0.2, 0) is 11.0 Å². The monoisotopic (exact) mass is 284 g/mol. The molecule has 1 aromatic carbocycles. The number of alkyl halides is 3. The van der Waals surface area contributed by atoms with Gasteiger partial charge in [-0.1, -0.05) is 0 Å². The zero-order valence-corrected chi connectivity index (χ0v) is 11.5. The minimum Gasteiger partial charge on any atom is -0.360 e. The minimum absolute atomic E-state index is 0.0211. The third-order valence-electron chi connectivity index (χ3n) is 2.81. The largest absolute Gasteiger partial charge is 0.417 e. The number of halogens is 3. The molecule has 0 fully saturated rings. The quantitative estimate of drug-likeness (QED) is 0.799. The van der Waals surface area contributed by atoms with Crippen molar-refractivity contribution >= 4 is 12.0 Å². The lowest BCUT2D eigenvalue weighted by Gasteiger charge is -2.36. The number of aldehydes is 1. The Kier molecular flexibility index (Phi) is 4.43. The Morgan fingerprint density at radius 2 is 1.90 bits per heavy atom. The Morgan fingerprint density at radius 3 is 2.30 bits per heavy atom. The number of benzene rings is 1.